The van der Waals surface area contributed by atoms with E-state index < -0.39 is 0 Å². The highest BCUT2D eigenvalue weighted by Crippen LogP contribution is 2.24. The number of rotatable bonds is 5. The van der Waals surface area contributed by atoms with Gasteiger partial charge in [-0.2, -0.15) is 0 Å². The maximum Gasteiger partial charge on any atom is 0.124 e. The van der Waals surface area contributed by atoms with Crippen molar-refractivity contribution in [3.8, 4) is 5.75 Å². The van der Waals surface area contributed by atoms with Crippen molar-refractivity contribution in [3.63, 3.8) is 0 Å². The quantitative estimate of drug-likeness (QED) is 0.674. The fourth-order valence-corrected chi connectivity index (χ4v) is 3.82. The molecule has 142 valence electrons. The average molecular weight is 385 g/mol. The molecule has 1 fully saturated rings. The van der Waals surface area contributed by atoms with Crippen LogP contribution in [0.4, 0.5) is 0 Å². The zero-order chi connectivity index (χ0) is 18.8. The van der Waals surface area contributed by atoms with Crippen molar-refractivity contribution >= 4 is 22.6 Å². The molecule has 1 aliphatic rings. The van der Waals surface area contributed by atoms with Gasteiger partial charge < -0.3 is 14.2 Å². The van der Waals surface area contributed by atoms with E-state index in [0.29, 0.717) is 0 Å². The Labute approximate surface area is 165 Å². The fraction of sp³-hybridized carbons (Fsp3) is 0.381. The van der Waals surface area contributed by atoms with Gasteiger partial charge in [0.15, 0.2) is 0 Å². The van der Waals surface area contributed by atoms with Crippen LogP contribution in [0.15, 0.2) is 42.5 Å². The van der Waals surface area contributed by atoms with Crippen molar-refractivity contribution in [2.75, 3.05) is 40.3 Å². The Morgan fingerprint density at radius 2 is 1.85 bits per heavy atom. The summed E-state index contributed by atoms with van der Waals surface area (Å²) in [6, 6.07) is 14.2. The van der Waals surface area contributed by atoms with Gasteiger partial charge in [0.05, 0.1) is 24.7 Å². The fourth-order valence-electron chi connectivity index (χ4n) is 3.61. The molecule has 1 aliphatic heterocycles. The number of nitrogens with zero attached hydrogens (tertiary/aromatic N) is 4. The van der Waals surface area contributed by atoms with Gasteiger partial charge in [-0.3, -0.25) is 4.90 Å². The van der Waals surface area contributed by atoms with Crippen molar-refractivity contribution in [1.82, 2.24) is 19.4 Å². The second-order valence-electron chi connectivity index (χ2n) is 7.18. The van der Waals surface area contributed by atoms with Gasteiger partial charge in [0, 0.05) is 43.8 Å². The summed E-state index contributed by atoms with van der Waals surface area (Å²) in [6.45, 7) is 5.95. The van der Waals surface area contributed by atoms with E-state index in [-0.39, 0.29) is 0 Å². The van der Waals surface area contributed by atoms with Gasteiger partial charge in [0.1, 0.15) is 11.6 Å². The lowest BCUT2D eigenvalue weighted by atomic mass is 10.2. The van der Waals surface area contributed by atoms with E-state index in [9.17, 15) is 0 Å². The number of halogens is 1. The SMILES string of the molecule is COc1ccc2c(c1)nc(CN1CCN(C)CC1)n2Cc1cccc(Cl)c1. The van der Waals surface area contributed by atoms with E-state index in [0.717, 1.165) is 66.9 Å². The first-order chi connectivity index (χ1) is 13.1. The number of likely N-dealkylation sites (N-methyl/N-ethyl adjacent to an activating group) is 1. The molecule has 5 nitrogen and oxygen atoms in total. The zero-order valence-electron chi connectivity index (χ0n) is 15.9. The number of hydrogen-bond acceptors (Lipinski definition) is 4. The molecule has 2 heterocycles. The van der Waals surface area contributed by atoms with Crippen LogP contribution in [-0.2, 0) is 13.1 Å². The van der Waals surface area contributed by atoms with Crippen molar-refractivity contribution in [2.24, 2.45) is 0 Å². The first-order valence-electron chi connectivity index (χ1n) is 9.31. The molecule has 27 heavy (non-hydrogen) atoms. The minimum absolute atomic E-state index is 0.756. The maximum absolute atomic E-state index is 6.20. The Morgan fingerprint density at radius 1 is 1.04 bits per heavy atom. The molecule has 3 aromatic rings. The lowest BCUT2D eigenvalue weighted by Gasteiger charge is -2.32. The second kappa shape index (κ2) is 7.89. The molecular weight excluding hydrogens is 360 g/mol. The monoisotopic (exact) mass is 384 g/mol. The third kappa shape index (κ3) is 4.10. The van der Waals surface area contributed by atoms with Crippen LogP contribution in [0.3, 0.4) is 0 Å². The standard InChI is InChI=1S/C21H25ClN4O/c1-24-8-10-25(11-9-24)15-21-23-19-13-18(27-2)6-7-20(19)26(21)14-16-4-3-5-17(22)12-16/h3-7,12-13H,8-11,14-15H2,1-2H3. The van der Waals surface area contributed by atoms with Crippen LogP contribution >= 0.6 is 11.6 Å². The van der Waals surface area contributed by atoms with E-state index in [1.165, 1.54) is 5.56 Å². The summed E-state index contributed by atoms with van der Waals surface area (Å²) in [7, 11) is 3.87. The molecule has 0 N–H and O–H groups in total. The minimum Gasteiger partial charge on any atom is -0.497 e. The number of methoxy groups -OCH3 is 1. The molecule has 0 atom stereocenters. The third-order valence-electron chi connectivity index (χ3n) is 5.23. The van der Waals surface area contributed by atoms with Gasteiger partial charge in [-0.25, -0.2) is 4.98 Å². The Balaban J connectivity index is 1.69. The van der Waals surface area contributed by atoms with E-state index in [2.05, 4.69) is 33.5 Å². The number of imidazole rings is 1. The highest BCUT2D eigenvalue weighted by Gasteiger charge is 2.18. The van der Waals surface area contributed by atoms with E-state index in [4.69, 9.17) is 21.3 Å². The summed E-state index contributed by atoms with van der Waals surface area (Å²) in [6.07, 6.45) is 0. The molecular formula is C21H25ClN4O. The molecule has 1 aromatic heterocycles. The second-order valence-corrected chi connectivity index (χ2v) is 7.61. The molecule has 0 bridgehead atoms. The lowest BCUT2D eigenvalue weighted by molar-refractivity contribution is 0.144. The molecule has 2 aromatic carbocycles. The molecule has 1 saturated heterocycles. The first-order valence-corrected chi connectivity index (χ1v) is 9.68. The number of ether oxygens (including phenoxy) is 1. The number of piperazine rings is 1. The molecule has 0 spiro atoms. The molecule has 0 amide bonds. The predicted molar refractivity (Wildman–Crippen MR) is 110 cm³/mol. The summed E-state index contributed by atoms with van der Waals surface area (Å²) < 4.78 is 7.69. The van der Waals surface area contributed by atoms with Crippen LogP contribution in [0.2, 0.25) is 5.02 Å². The highest BCUT2D eigenvalue weighted by molar-refractivity contribution is 6.30. The Hall–Kier alpha value is -2.08. The van der Waals surface area contributed by atoms with Crippen LogP contribution in [-0.4, -0.2) is 59.7 Å². The van der Waals surface area contributed by atoms with Gasteiger partial charge in [0.2, 0.25) is 0 Å². The van der Waals surface area contributed by atoms with E-state index >= 15 is 0 Å². The molecule has 0 saturated carbocycles. The normalized spacial score (nSPS) is 16.1. The Bertz CT molecular complexity index is 931. The van der Waals surface area contributed by atoms with Crippen LogP contribution in [0.5, 0.6) is 5.75 Å². The molecule has 0 unspecified atom stereocenters. The Morgan fingerprint density at radius 3 is 2.59 bits per heavy atom. The lowest BCUT2D eigenvalue weighted by Crippen LogP contribution is -2.44. The number of benzene rings is 2. The van der Waals surface area contributed by atoms with Crippen LogP contribution in [0.1, 0.15) is 11.4 Å². The smallest absolute Gasteiger partial charge is 0.124 e. The minimum atomic E-state index is 0.756. The van der Waals surface area contributed by atoms with Gasteiger partial charge in [-0.15, -0.1) is 0 Å². The summed E-state index contributed by atoms with van der Waals surface area (Å²) in [4.78, 5) is 9.80. The van der Waals surface area contributed by atoms with Crippen LogP contribution < -0.4 is 4.74 Å². The summed E-state index contributed by atoms with van der Waals surface area (Å²) in [5, 5.41) is 0.763. The number of fused-ring (bicyclic) bond motifs is 1. The van der Waals surface area contributed by atoms with E-state index in [1.807, 2.05) is 30.3 Å². The van der Waals surface area contributed by atoms with Crippen molar-refractivity contribution < 1.29 is 4.74 Å². The first kappa shape index (κ1) is 18.3. The van der Waals surface area contributed by atoms with E-state index in [1.54, 1.807) is 7.11 Å². The van der Waals surface area contributed by atoms with Crippen LogP contribution in [0.25, 0.3) is 11.0 Å². The summed E-state index contributed by atoms with van der Waals surface area (Å²) >= 11 is 6.20. The Kier molecular flexibility index (Phi) is 5.34. The van der Waals surface area contributed by atoms with Gasteiger partial charge in [-0.1, -0.05) is 23.7 Å². The van der Waals surface area contributed by atoms with Crippen molar-refractivity contribution in [2.45, 2.75) is 13.1 Å². The average Bonchev–Trinajstić information content (AvgIpc) is 3.00. The molecule has 0 aliphatic carbocycles. The summed E-state index contributed by atoms with van der Waals surface area (Å²) in [5.41, 5.74) is 3.28. The van der Waals surface area contributed by atoms with Crippen LogP contribution in [0, 0.1) is 0 Å². The number of hydrogen-bond donors (Lipinski definition) is 0. The topological polar surface area (TPSA) is 33.5 Å². The maximum atomic E-state index is 6.20. The molecule has 4 rings (SSSR count). The van der Waals surface area contributed by atoms with Crippen molar-refractivity contribution in [1.29, 1.82) is 0 Å². The van der Waals surface area contributed by atoms with Crippen molar-refractivity contribution in [3.05, 3.63) is 58.9 Å². The molecule has 6 heteroatoms. The van der Waals surface area contributed by atoms with Gasteiger partial charge in [-0.05, 0) is 36.9 Å². The highest BCUT2D eigenvalue weighted by atomic mass is 35.5. The zero-order valence-corrected chi connectivity index (χ0v) is 16.6. The van der Waals surface area contributed by atoms with Gasteiger partial charge in [0.25, 0.3) is 0 Å². The molecule has 0 radical (unpaired) electrons. The van der Waals surface area contributed by atoms with Gasteiger partial charge >= 0.3 is 0 Å². The largest absolute Gasteiger partial charge is 0.497 e. The summed E-state index contributed by atoms with van der Waals surface area (Å²) in [5.74, 6) is 1.92. The number of aromatic nitrogens is 2. The predicted octanol–water partition coefficient (Wildman–Crippen LogP) is 3.49. The third-order valence-corrected chi connectivity index (χ3v) is 5.46.